The zero-order valence-corrected chi connectivity index (χ0v) is 12.0. The van der Waals surface area contributed by atoms with Crippen LogP contribution in [0.1, 0.15) is 39.1 Å². The molecule has 0 radical (unpaired) electrons. The molecule has 0 fully saturated rings. The van der Waals surface area contributed by atoms with Gasteiger partial charge in [0, 0.05) is 16.9 Å². The maximum absolute atomic E-state index is 10.1. The van der Waals surface area contributed by atoms with E-state index in [2.05, 4.69) is 4.98 Å². The molecule has 0 spiro atoms. The smallest absolute Gasteiger partial charge is 0.423 e. The van der Waals surface area contributed by atoms with Gasteiger partial charge in [0.05, 0.1) is 11.2 Å². The molecule has 0 atom stereocenters. The van der Waals surface area contributed by atoms with Crippen LogP contribution in [0.3, 0.4) is 0 Å². The van der Waals surface area contributed by atoms with Crippen LogP contribution in [0.5, 0.6) is 0 Å². The Morgan fingerprint density at radius 3 is 2.17 bits per heavy atom. The van der Waals surface area contributed by atoms with Gasteiger partial charge in [0.25, 0.3) is 0 Å². The first-order chi connectivity index (χ1) is 8.04. The standard InChI is InChI=1S/C13H22BNO3/c1-9-7-8-11(10(2)15-9)14(17)18-13(5,6)12(3,4)16/h7-8,16-17H,1-6H3. The second kappa shape index (κ2) is 5.00. The van der Waals surface area contributed by atoms with E-state index < -0.39 is 18.3 Å². The summed E-state index contributed by atoms with van der Waals surface area (Å²) in [6.45, 7) is 10.5. The Bertz CT molecular complexity index is 427. The summed E-state index contributed by atoms with van der Waals surface area (Å²) in [5, 5.41) is 20.1. The fraction of sp³-hybridized carbons (Fsp3) is 0.615. The molecule has 18 heavy (non-hydrogen) atoms. The van der Waals surface area contributed by atoms with E-state index in [1.54, 1.807) is 33.8 Å². The van der Waals surface area contributed by atoms with Crippen LogP contribution < -0.4 is 5.46 Å². The van der Waals surface area contributed by atoms with Gasteiger partial charge in [-0.25, -0.2) is 0 Å². The molecular weight excluding hydrogens is 229 g/mol. The summed E-state index contributed by atoms with van der Waals surface area (Å²) in [6, 6.07) is 3.62. The monoisotopic (exact) mass is 251 g/mol. The van der Waals surface area contributed by atoms with E-state index in [-0.39, 0.29) is 0 Å². The number of aryl methyl sites for hydroxylation is 2. The summed E-state index contributed by atoms with van der Waals surface area (Å²) in [7, 11) is -1.10. The molecule has 0 aromatic carbocycles. The molecule has 0 saturated heterocycles. The molecule has 4 nitrogen and oxygen atoms in total. The number of nitrogens with zero attached hydrogens (tertiary/aromatic N) is 1. The van der Waals surface area contributed by atoms with Crippen LogP contribution in [0.15, 0.2) is 12.1 Å². The molecule has 0 aliphatic heterocycles. The average molecular weight is 251 g/mol. The zero-order valence-electron chi connectivity index (χ0n) is 12.0. The Kier molecular flexibility index (Phi) is 4.21. The number of aromatic nitrogens is 1. The summed E-state index contributed by atoms with van der Waals surface area (Å²) < 4.78 is 5.57. The van der Waals surface area contributed by atoms with Gasteiger partial charge in [-0.3, -0.25) is 4.98 Å². The number of hydrogen-bond acceptors (Lipinski definition) is 4. The second-order valence-corrected chi connectivity index (χ2v) is 5.67. The quantitative estimate of drug-likeness (QED) is 0.782. The van der Waals surface area contributed by atoms with Crippen molar-refractivity contribution in [2.75, 3.05) is 0 Å². The van der Waals surface area contributed by atoms with Crippen LogP contribution >= 0.6 is 0 Å². The van der Waals surface area contributed by atoms with Crippen molar-refractivity contribution in [3.05, 3.63) is 23.5 Å². The number of pyridine rings is 1. The largest absolute Gasteiger partial charge is 0.493 e. The second-order valence-electron chi connectivity index (χ2n) is 5.67. The first-order valence-electron chi connectivity index (χ1n) is 6.07. The minimum atomic E-state index is -1.10. The molecule has 1 rings (SSSR count). The number of aliphatic hydroxyl groups is 1. The third-order valence-corrected chi connectivity index (χ3v) is 3.41. The number of hydrogen-bond donors (Lipinski definition) is 2. The molecule has 1 aromatic heterocycles. The van der Waals surface area contributed by atoms with Gasteiger partial charge in [0.15, 0.2) is 0 Å². The SMILES string of the molecule is Cc1ccc(B(O)OC(C)(C)C(C)(C)O)c(C)n1. The van der Waals surface area contributed by atoms with Crippen LogP contribution in [0, 0.1) is 13.8 Å². The average Bonchev–Trinajstić information content (AvgIpc) is 2.14. The lowest BCUT2D eigenvalue weighted by molar-refractivity contribution is -0.0982. The summed E-state index contributed by atoms with van der Waals surface area (Å²) in [5.74, 6) is 0. The zero-order chi connectivity index (χ0) is 14.1. The van der Waals surface area contributed by atoms with Crippen molar-refractivity contribution in [3.8, 4) is 0 Å². The maximum atomic E-state index is 10.1. The van der Waals surface area contributed by atoms with Crippen molar-refractivity contribution in [2.45, 2.75) is 52.7 Å². The lowest BCUT2D eigenvalue weighted by atomic mass is 9.75. The summed E-state index contributed by atoms with van der Waals surface area (Å²) in [6.07, 6.45) is 0. The molecule has 1 heterocycles. The molecule has 0 aliphatic carbocycles. The van der Waals surface area contributed by atoms with Gasteiger partial charge in [0.2, 0.25) is 0 Å². The van der Waals surface area contributed by atoms with E-state index >= 15 is 0 Å². The lowest BCUT2D eigenvalue weighted by Gasteiger charge is -2.38. The van der Waals surface area contributed by atoms with Crippen molar-refractivity contribution in [1.29, 1.82) is 0 Å². The lowest BCUT2D eigenvalue weighted by Crippen LogP contribution is -2.53. The van der Waals surface area contributed by atoms with Crippen LogP contribution in [0.25, 0.3) is 0 Å². The molecule has 0 unspecified atom stereocenters. The van der Waals surface area contributed by atoms with Crippen molar-refractivity contribution in [2.24, 2.45) is 0 Å². The molecule has 5 heteroatoms. The molecular formula is C13H22BNO3. The Labute approximate surface area is 109 Å². The Hall–Kier alpha value is -0.905. The highest BCUT2D eigenvalue weighted by molar-refractivity contribution is 6.60. The molecule has 0 amide bonds. The molecule has 1 aromatic rings. The normalized spacial score (nSPS) is 12.7. The van der Waals surface area contributed by atoms with E-state index in [1.807, 2.05) is 19.9 Å². The first kappa shape index (κ1) is 15.2. The highest BCUT2D eigenvalue weighted by Crippen LogP contribution is 2.25. The molecule has 0 aliphatic rings. The Balaban J connectivity index is 2.92. The fourth-order valence-corrected chi connectivity index (χ4v) is 1.45. The predicted octanol–water partition coefficient (Wildman–Crippen LogP) is 0.952. The van der Waals surface area contributed by atoms with Gasteiger partial charge in [-0.2, -0.15) is 0 Å². The predicted molar refractivity (Wildman–Crippen MR) is 72.8 cm³/mol. The highest BCUT2D eigenvalue weighted by atomic mass is 16.5. The van der Waals surface area contributed by atoms with Crippen LogP contribution in [0.2, 0.25) is 0 Å². The minimum absolute atomic E-state index is 0.623. The molecule has 2 N–H and O–H groups in total. The molecule has 0 bridgehead atoms. The van der Waals surface area contributed by atoms with Crippen molar-refractivity contribution in [1.82, 2.24) is 4.98 Å². The van der Waals surface area contributed by atoms with Gasteiger partial charge < -0.3 is 14.8 Å². The molecule has 0 saturated carbocycles. The van der Waals surface area contributed by atoms with Gasteiger partial charge in [-0.05, 0) is 47.6 Å². The van der Waals surface area contributed by atoms with Crippen molar-refractivity contribution < 1.29 is 14.8 Å². The van der Waals surface area contributed by atoms with E-state index in [1.165, 1.54) is 0 Å². The van der Waals surface area contributed by atoms with Gasteiger partial charge in [-0.15, -0.1) is 0 Å². The van der Waals surface area contributed by atoms with Crippen molar-refractivity contribution in [3.63, 3.8) is 0 Å². The van der Waals surface area contributed by atoms with E-state index in [4.69, 9.17) is 4.65 Å². The fourth-order valence-electron chi connectivity index (χ4n) is 1.45. The van der Waals surface area contributed by atoms with Gasteiger partial charge in [0.1, 0.15) is 0 Å². The Morgan fingerprint density at radius 2 is 1.72 bits per heavy atom. The van der Waals surface area contributed by atoms with Gasteiger partial charge in [-0.1, -0.05) is 6.07 Å². The Morgan fingerprint density at radius 1 is 1.17 bits per heavy atom. The van der Waals surface area contributed by atoms with Crippen LogP contribution in [0.4, 0.5) is 0 Å². The maximum Gasteiger partial charge on any atom is 0.493 e. The van der Waals surface area contributed by atoms with E-state index in [0.717, 1.165) is 11.4 Å². The molecule has 100 valence electrons. The third-order valence-electron chi connectivity index (χ3n) is 3.41. The highest BCUT2D eigenvalue weighted by Gasteiger charge is 2.39. The van der Waals surface area contributed by atoms with Crippen molar-refractivity contribution >= 4 is 12.6 Å². The summed E-state index contributed by atoms with van der Waals surface area (Å²) in [5.41, 5.74) is 0.321. The van der Waals surface area contributed by atoms with E-state index in [0.29, 0.717) is 5.46 Å². The summed E-state index contributed by atoms with van der Waals surface area (Å²) in [4.78, 5) is 4.28. The van der Waals surface area contributed by atoms with Gasteiger partial charge >= 0.3 is 7.12 Å². The third kappa shape index (κ3) is 3.31. The van der Waals surface area contributed by atoms with E-state index in [9.17, 15) is 10.1 Å². The minimum Gasteiger partial charge on any atom is -0.423 e. The summed E-state index contributed by atoms with van der Waals surface area (Å²) >= 11 is 0. The van der Waals surface area contributed by atoms with Crippen LogP contribution in [-0.4, -0.2) is 33.4 Å². The topological polar surface area (TPSA) is 62.6 Å². The first-order valence-corrected chi connectivity index (χ1v) is 6.07. The number of rotatable bonds is 4. The van der Waals surface area contributed by atoms with Crippen LogP contribution in [-0.2, 0) is 4.65 Å².